The molecule has 0 bridgehead atoms. The molecule has 0 aliphatic heterocycles. The topological polar surface area (TPSA) is 71.1 Å². The maximum absolute atomic E-state index is 11.9. The van der Waals surface area contributed by atoms with E-state index in [1.807, 2.05) is 13.8 Å². The molecule has 8 heteroatoms. The Morgan fingerprint density at radius 3 is 2.48 bits per heavy atom. The van der Waals surface area contributed by atoms with Crippen LogP contribution in [0.4, 0.5) is 0 Å². The van der Waals surface area contributed by atoms with E-state index < -0.39 is 10.1 Å². The highest BCUT2D eigenvalue weighted by Gasteiger charge is 2.16. The fourth-order valence-corrected chi connectivity index (χ4v) is 2.85. The van der Waals surface area contributed by atoms with Crippen molar-refractivity contribution in [2.24, 2.45) is 0 Å². The van der Waals surface area contributed by atoms with Gasteiger partial charge in [0.15, 0.2) is 0 Å². The fraction of sp³-hybridized carbons (Fsp3) is 0.538. The Bertz CT molecular complexity index is 529. The molecule has 0 amide bonds. The van der Waals surface area contributed by atoms with E-state index in [0.717, 1.165) is 28.9 Å². The molecule has 1 aromatic rings. The molecule has 0 atom stereocenters. The Kier molecular flexibility index (Phi) is 8.23. The Labute approximate surface area is 129 Å². The number of aryl methyl sites for hydroxylation is 1. The van der Waals surface area contributed by atoms with Gasteiger partial charge in [0.25, 0.3) is 10.1 Å². The minimum absolute atomic E-state index is 0.126. The van der Waals surface area contributed by atoms with Crippen molar-refractivity contribution in [2.45, 2.75) is 43.4 Å². The third-order valence-corrected chi connectivity index (χ3v) is 4.43. The molecule has 0 spiro atoms. The third kappa shape index (κ3) is 6.33. The molecule has 1 rings (SSSR count). The number of rotatable bonds is 10. The lowest BCUT2D eigenvalue weighted by molar-refractivity contribution is -0.460. The van der Waals surface area contributed by atoms with Gasteiger partial charge in [0.1, 0.15) is 0 Å². The van der Waals surface area contributed by atoms with Crippen LogP contribution < -0.4 is 0 Å². The average molecular weight is 336 g/mol. The van der Waals surface area contributed by atoms with Gasteiger partial charge < -0.3 is 0 Å². The van der Waals surface area contributed by atoms with Crippen molar-refractivity contribution in [1.29, 1.82) is 0 Å². The maximum Gasteiger partial charge on any atom is 0.296 e. The molecule has 0 N–H and O–H groups in total. The van der Waals surface area contributed by atoms with Crippen molar-refractivity contribution < 1.29 is 26.9 Å². The summed E-state index contributed by atoms with van der Waals surface area (Å²) in [5, 5.41) is 4.50. The van der Waals surface area contributed by atoms with Gasteiger partial charge in [0.05, 0.1) is 30.2 Å². The molecule has 120 valence electrons. The fourth-order valence-electron chi connectivity index (χ4n) is 1.32. The first-order valence-corrected chi connectivity index (χ1v) is 8.79. The summed E-state index contributed by atoms with van der Waals surface area (Å²) >= 11 is 0.952. The molecule has 0 fully saturated rings. The van der Waals surface area contributed by atoms with Gasteiger partial charge in [-0.3, -0.25) is 4.18 Å². The summed E-state index contributed by atoms with van der Waals surface area (Å²) in [6, 6.07) is 4.63. The summed E-state index contributed by atoms with van der Waals surface area (Å²) in [5.74, 6) is 0. The maximum atomic E-state index is 11.9. The second-order valence-corrected chi connectivity index (χ2v) is 6.60. The highest BCUT2D eigenvalue weighted by atomic mass is 32.2. The van der Waals surface area contributed by atoms with E-state index in [2.05, 4.69) is 5.04 Å². The highest BCUT2D eigenvalue weighted by Crippen LogP contribution is 2.26. The first-order chi connectivity index (χ1) is 10.0. The standard InChI is InChI=1S/C13H20O6S2/c1-4-8-16-18-19-20-13-7-6-12(10-11(13)3)21(14,15)17-9-5-2/h6-7,10H,4-5,8-9H2,1-3H3. The van der Waals surface area contributed by atoms with Gasteiger partial charge >= 0.3 is 0 Å². The zero-order valence-electron chi connectivity index (χ0n) is 12.3. The van der Waals surface area contributed by atoms with E-state index in [0.29, 0.717) is 13.0 Å². The SMILES string of the molecule is CCCOOOSc1ccc(S(=O)(=O)OCCC)cc1C. The zero-order chi connectivity index (χ0) is 15.7. The van der Waals surface area contributed by atoms with Crippen molar-refractivity contribution in [3.8, 4) is 0 Å². The molecular formula is C13H20O6S2. The van der Waals surface area contributed by atoms with Crippen LogP contribution in [0.3, 0.4) is 0 Å². The smallest absolute Gasteiger partial charge is 0.266 e. The number of hydrogen-bond donors (Lipinski definition) is 0. The molecule has 0 saturated carbocycles. The van der Waals surface area contributed by atoms with E-state index in [1.54, 1.807) is 13.0 Å². The largest absolute Gasteiger partial charge is 0.296 e. The van der Waals surface area contributed by atoms with Gasteiger partial charge in [-0.15, -0.1) is 4.33 Å². The minimum Gasteiger partial charge on any atom is -0.266 e. The summed E-state index contributed by atoms with van der Waals surface area (Å²) in [4.78, 5) is 5.56. The summed E-state index contributed by atoms with van der Waals surface area (Å²) < 4.78 is 33.4. The van der Waals surface area contributed by atoms with Crippen molar-refractivity contribution in [3.63, 3.8) is 0 Å². The van der Waals surface area contributed by atoms with Crippen molar-refractivity contribution in [2.75, 3.05) is 13.2 Å². The average Bonchev–Trinajstić information content (AvgIpc) is 2.46. The number of hydrogen-bond acceptors (Lipinski definition) is 7. The van der Waals surface area contributed by atoms with Gasteiger partial charge in [0, 0.05) is 4.90 Å². The first-order valence-electron chi connectivity index (χ1n) is 6.64. The highest BCUT2D eigenvalue weighted by molar-refractivity contribution is 7.94. The van der Waals surface area contributed by atoms with Crippen LogP contribution in [-0.2, 0) is 28.6 Å². The summed E-state index contributed by atoms with van der Waals surface area (Å²) in [6.07, 6.45) is 1.45. The molecule has 0 aliphatic rings. The van der Waals surface area contributed by atoms with Gasteiger partial charge in [0.2, 0.25) is 0 Å². The summed E-state index contributed by atoms with van der Waals surface area (Å²) in [7, 11) is -3.70. The van der Waals surface area contributed by atoms with Gasteiger partial charge in [-0.1, -0.05) is 18.9 Å². The van der Waals surface area contributed by atoms with E-state index >= 15 is 0 Å². The van der Waals surface area contributed by atoms with Crippen LogP contribution in [-0.4, -0.2) is 21.6 Å². The van der Waals surface area contributed by atoms with Crippen molar-refractivity contribution in [1.82, 2.24) is 0 Å². The molecular weight excluding hydrogens is 316 g/mol. The molecule has 0 aromatic heterocycles. The van der Waals surface area contributed by atoms with Crippen LogP contribution in [0.15, 0.2) is 28.0 Å². The Hall–Kier alpha value is -0.640. The summed E-state index contributed by atoms with van der Waals surface area (Å²) in [5.41, 5.74) is 0.736. The van der Waals surface area contributed by atoms with Crippen LogP contribution in [0.2, 0.25) is 0 Å². The van der Waals surface area contributed by atoms with Crippen molar-refractivity contribution in [3.05, 3.63) is 23.8 Å². The predicted octanol–water partition coefficient (Wildman–Crippen LogP) is 3.41. The molecule has 6 nitrogen and oxygen atoms in total. The van der Waals surface area contributed by atoms with E-state index in [4.69, 9.17) is 13.4 Å². The lowest BCUT2D eigenvalue weighted by Gasteiger charge is -2.08. The number of benzene rings is 1. The van der Waals surface area contributed by atoms with Gasteiger partial charge in [-0.25, -0.2) is 4.89 Å². The molecule has 21 heavy (non-hydrogen) atoms. The molecule has 0 heterocycles. The summed E-state index contributed by atoms with van der Waals surface area (Å²) in [6.45, 7) is 6.17. The normalized spacial score (nSPS) is 11.8. The lowest BCUT2D eigenvalue weighted by atomic mass is 10.2. The Balaban J connectivity index is 2.63. The van der Waals surface area contributed by atoms with Crippen LogP contribution in [0.5, 0.6) is 0 Å². The molecule has 0 saturated heterocycles. The molecule has 1 aromatic carbocycles. The Morgan fingerprint density at radius 1 is 1.14 bits per heavy atom. The van der Waals surface area contributed by atoms with E-state index in [1.165, 1.54) is 12.1 Å². The second-order valence-electron chi connectivity index (χ2n) is 4.24. The molecule has 0 radical (unpaired) electrons. The molecule has 0 aliphatic carbocycles. The zero-order valence-corrected chi connectivity index (χ0v) is 14.0. The first kappa shape index (κ1) is 18.4. The molecule has 0 unspecified atom stereocenters. The van der Waals surface area contributed by atoms with Crippen molar-refractivity contribution >= 4 is 22.2 Å². The van der Waals surface area contributed by atoms with Crippen LogP contribution >= 0.6 is 12.0 Å². The predicted molar refractivity (Wildman–Crippen MR) is 78.9 cm³/mol. The van der Waals surface area contributed by atoms with Crippen LogP contribution in [0.25, 0.3) is 0 Å². The lowest BCUT2D eigenvalue weighted by Crippen LogP contribution is -2.07. The second kappa shape index (κ2) is 9.39. The van der Waals surface area contributed by atoms with Crippen LogP contribution in [0, 0.1) is 6.92 Å². The van der Waals surface area contributed by atoms with E-state index in [9.17, 15) is 8.42 Å². The quantitative estimate of drug-likeness (QED) is 0.213. The van der Waals surface area contributed by atoms with Gasteiger partial charge in [-0.2, -0.15) is 8.42 Å². The Morgan fingerprint density at radius 2 is 1.86 bits per heavy atom. The third-order valence-electron chi connectivity index (χ3n) is 2.36. The van der Waals surface area contributed by atoms with Gasteiger partial charge in [-0.05, 0) is 43.5 Å². The van der Waals surface area contributed by atoms with E-state index in [-0.39, 0.29) is 11.5 Å². The monoisotopic (exact) mass is 336 g/mol. The van der Waals surface area contributed by atoms with Crippen LogP contribution in [0.1, 0.15) is 32.3 Å². The minimum atomic E-state index is -3.70.